The van der Waals surface area contributed by atoms with Gasteiger partial charge in [-0.15, -0.1) is 0 Å². The summed E-state index contributed by atoms with van der Waals surface area (Å²) in [6.07, 6.45) is 8.46. The van der Waals surface area contributed by atoms with Crippen LogP contribution in [0.3, 0.4) is 0 Å². The van der Waals surface area contributed by atoms with Crippen molar-refractivity contribution in [3.63, 3.8) is 0 Å². The SMILES string of the molecule is Cc1ccc(CCC(O)/C=C/[C@@H]2[C@H]3CC[C@H](CCCC(=O)O)CO[C@H]3C[C@H]2O)o1. The molecule has 1 aromatic rings. The molecule has 3 N–H and O–H groups in total. The fourth-order valence-electron chi connectivity index (χ4n) is 4.75. The minimum Gasteiger partial charge on any atom is -0.481 e. The van der Waals surface area contributed by atoms with E-state index in [-0.39, 0.29) is 24.4 Å². The first-order valence-electron chi connectivity index (χ1n) is 10.9. The van der Waals surface area contributed by atoms with Gasteiger partial charge < -0.3 is 24.5 Å². The molecule has 29 heavy (non-hydrogen) atoms. The molecule has 2 fully saturated rings. The fourth-order valence-corrected chi connectivity index (χ4v) is 4.75. The van der Waals surface area contributed by atoms with E-state index in [0.29, 0.717) is 38.2 Å². The lowest BCUT2D eigenvalue weighted by molar-refractivity contribution is -0.137. The number of carboxylic acids is 1. The van der Waals surface area contributed by atoms with Crippen LogP contribution in [-0.4, -0.2) is 46.2 Å². The van der Waals surface area contributed by atoms with Gasteiger partial charge in [0.1, 0.15) is 11.5 Å². The van der Waals surface area contributed by atoms with Crippen LogP contribution in [0.4, 0.5) is 0 Å². The lowest BCUT2D eigenvalue weighted by Crippen LogP contribution is -2.21. The summed E-state index contributed by atoms with van der Waals surface area (Å²) in [6.45, 7) is 2.55. The van der Waals surface area contributed by atoms with Crippen LogP contribution in [0.2, 0.25) is 0 Å². The average molecular weight is 407 g/mol. The average Bonchev–Trinajstić information content (AvgIpc) is 3.15. The van der Waals surface area contributed by atoms with E-state index in [1.165, 1.54) is 0 Å². The molecule has 1 saturated carbocycles. The Bertz CT molecular complexity index is 681. The molecule has 0 amide bonds. The molecule has 0 radical (unpaired) electrons. The highest BCUT2D eigenvalue weighted by Gasteiger charge is 2.43. The number of aliphatic hydroxyl groups is 2. The van der Waals surface area contributed by atoms with E-state index < -0.39 is 18.2 Å². The van der Waals surface area contributed by atoms with Crippen LogP contribution in [0, 0.1) is 24.7 Å². The fraction of sp³-hybridized carbons (Fsp3) is 0.696. The zero-order valence-corrected chi connectivity index (χ0v) is 17.2. The van der Waals surface area contributed by atoms with Gasteiger partial charge in [0.05, 0.1) is 18.3 Å². The first-order chi connectivity index (χ1) is 13.9. The van der Waals surface area contributed by atoms with Gasteiger partial charge in [0, 0.05) is 31.8 Å². The van der Waals surface area contributed by atoms with Crippen LogP contribution in [-0.2, 0) is 16.0 Å². The Balaban J connectivity index is 1.48. The Labute approximate surface area is 172 Å². The molecule has 2 aliphatic rings. The van der Waals surface area contributed by atoms with Crippen molar-refractivity contribution in [2.24, 2.45) is 17.8 Å². The van der Waals surface area contributed by atoms with Crippen LogP contribution in [0.25, 0.3) is 0 Å². The van der Waals surface area contributed by atoms with E-state index in [9.17, 15) is 15.0 Å². The second-order valence-electron chi connectivity index (χ2n) is 8.65. The highest BCUT2D eigenvalue weighted by Crippen LogP contribution is 2.42. The minimum absolute atomic E-state index is 0.00160. The van der Waals surface area contributed by atoms with Crippen LogP contribution in [0.15, 0.2) is 28.7 Å². The van der Waals surface area contributed by atoms with Crippen molar-refractivity contribution >= 4 is 5.97 Å². The zero-order chi connectivity index (χ0) is 20.8. The first-order valence-corrected chi connectivity index (χ1v) is 10.9. The van der Waals surface area contributed by atoms with Gasteiger partial charge in [-0.2, -0.15) is 0 Å². The summed E-state index contributed by atoms with van der Waals surface area (Å²) in [5.41, 5.74) is 0. The molecule has 1 aromatic heterocycles. The molecule has 0 aromatic carbocycles. The molecular weight excluding hydrogens is 372 g/mol. The monoisotopic (exact) mass is 406 g/mol. The van der Waals surface area contributed by atoms with E-state index in [4.69, 9.17) is 14.3 Å². The van der Waals surface area contributed by atoms with Crippen molar-refractivity contribution < 1.29 is 29.3 Å². The molecular formula is C23H34O6. The maximum Gasteiger partial charge on any atom is 0.303 e. The number of rotatable bonds is 9. The van der Waals surface area contributed by atoms with Crippen LogP contribution in [0.1, 0.15) is 56.5 Å². The van der Waals surface area contributed by atoms with Gasteiger partial charge in [0.25, 0.3) is 0 Å². The predicted octanol–water partition coefficient (Wildman–Crippen LogP) is 3.48. The Morgan fingerprint density at radius 1 is 1.34 bits per heavy atom. The number of aliphatic hydroxyl groups excluding tert-OH is 2. The largest absolute Gasteiger partial charge is 0.481 e. The molecule has 0 spiro atoms. The maximum absolute atomic E-state index is 10.7. The molecule has 6 atom stereocenters. The van der Waals surface area contributed by atoms with Gasteiger partial charge in [-0.3, -0.25) is 4.79 Å². The summed E-state index contributed by atoms with van der Waals surface area (Å²) < 4.78 is 11.6. The van der Waals surface area contributed by atoms with E-state index in [1.807, 2.05) is 25.1 Å². The van der Waals surface area contributed by atoms with Gasteiger partial charge in [-0.1, -0.05) is 12.2 Å². The van der Waals surface area contributed by atoms with E-state index in [2.05, 4.69) is 0 Å². The second kappa shape index (κ2) is 10.4. The molecule has 3 rings (SSSR count). The van der Waals surface area contributed by atoms with E-state index in [1.54, 1.807) is 6.08 Å². The summed E-state index contributed by atoms with van der Waals surface area (Å²) in [7, 11) is 0. The number of hydrogen-bond acceptors (Lipinski definition) is 5. The van der Waals surface area contributed by atoms with E-state index in [0.717, 1.165) is 30.8 Å². The Hall–Kier alpha value is -1.63. The molecule has 0 bridgehead atoms. The number of furan rings is 1. The van der Waals surface area contributed by atoms with Crippen molar-refractivity contribution in [1.29, 1.82) is 0 Å². The minimum atomic E-state index is -0.745. The number of carbonyl (C=O) groups is 1. The van der Waals surface area contributed by atoms with Gasteiger partial charge in [0.2, 0.25) is 0 Å². The first kappa shape index (κ1) is 22.1. The molecule has 6 nitrogen and oxygen atoms in total. The molecule has 1 aliphatic carbocycles. The third-order valence-electron chi connectivity index (χ3n) is 6.39. The molecule has 1 saturated heterocycles. The Morgan fingerprint density at radius 3 is 2.90 bits per heavy atom. The third kappa shape index (κ3) is 6.43. The molecule has 6 heteroatoms. The summed E-state index contributed by atoms with van der Waals surface area (Å²) in [4.78, 5) is 10.7. The van der Waals surface area contributed by atoms with Crippen LogP contribution < -0.4 is 0 Å². The Morgan fingerprint density at radius 2 is 2.17 bits per heavy atom. The molecule has 1 aliphatic heterocycles. The highest BCUT2D eigenvalue weighted by atomic mass is 16.5. The molecule has 2 heterocycles. The topological polar surface area (TPSA) is 100 Å². The molecule has 162 valence electrons. The summed E-state index contributed by atoms with van der Waals surface area (Å²) >= 11 is 0. The standard InChI is InChI=1S/C23H34O6/c1-15-5-9-18(29-15)10-7-17(24)8-12-19-20-11-6-16(3-2-4-23(26)27)14-28-22(20)13-21(19)25/h5,8-9,12,16-17,19-22,24-25H,2-4,6-7,10-11,13-14H2,1H3,(H,26,27)/b12-8+/t16-,17?,19+,20+,21+,22-/m0/s1. The normalized spacial score (nSPS) is 30.9. The second-order valence-corrected chi connectivity index (χ2v) is 8.65. The summed E-state index contributed by atoms with van der Waals surface area (Å²) in [5, 5.41) is 29.6. The van der Waals surface area contributed by atoms with Gasteiger partial charge in [0.15, 0.2) is 0 Å². The van der Waals surface area contributed by atoms with Crippen LogP contribution in [0.5, 0.6) is 0 Å². The zero-order valence-electron chi connectivity index (χ0n) is 17.2. The van der Waals surface area contributed by atoms with Crippen molar-refractivity contribution in [2.45, 2.75) is 76.6 Å². The number of aliphatic carboxylic acids is 1. The van der Waals surface area contributed by atoms with Gasteiger partial charge in [-0.05, 0) is 63.0 Å². The van der Waals surface area contributed by atoms with Crippen LogP contribution >= 0.6 is 0 Å². The lowest BCUT2D eigenvalue weighted by atomic mass is 9.86. The van der Waals surface area contributed by atoms with E-state index >= 15 is 0 Å². The number of hydrogen-bond donors (Lipinski definition) is 3. The maximum atomic E-state index is 10.7. The Kier molecular flexibility index (Phi) is 7.92. The van der Waals surface area contributed by atoms with Crippen molar-refractivity contribution in [1.82, 2.24) is 0 Å². The van der Waals surface area contributed by atoms with Gasteiger partial charge >= 0.3 is 5.97 Å². The highest BCUT2D eigenvalue weighted by molar-refractivity contribution is 5.66. The number of carboxylic acid groups (broad SMARTS) is 1. The quantitative estimate of drug-likeness (QED) is 0.543. The number of aryl methyl sites for hydroxylation is 2. The summed E-state index contributed by atoms with van der Waals surface area (Å²) in [5.74, 6) is 1.65. The lowest BCUT2D eigenvalue weighted by Gasteiger charge is -2.21. The van der Waals surface area contributed by atoms with Crippen molar-refractivity contribution in [3.05, 3.63) is 35.8 Å². The van der Waals surface area contributed by atoms with Gasteiger partial charge in [-0.25, -0.2) is 0 Å². The smallest absolute Gasteiger partial charge is 0.303 e. The molecule has 1 unspecified atom stereocenters. The van der Waals surface area contributed by atoms with Crippen molar-refractivity contribution in [2.75, 3.05) is 6.61 Å². The predicted molar refractivity (Wildman–Crippen MR) is 108 cm³/mol. The third-order valence-corrected chi connectivity index (χ3v) is 6.39. The number of fused-ring (bicyclic) bond motifs is 1. The van der Waals surface area contributed by atoms with Crippen molar-refractivity contribution in [3.8, 4) is 0 Å². The summed E-state index contributed by atoms with van der Waals surface area (Å²) in [6, 6.07) is 3.86. The number of ether oxygens (including phenoxy) is 1.